The van der Waals surface area contributed by atoms with Crippen LogP contribution in [0.2, 0.25) is 0 Å². The summed E-state index contributed by atoms with van der Waals surface area (Å²) in [5.41, 5.74) is 0.788. The molecular weight excluding hydrogens is 300 g/mol. The molecule has 1 aromatic carbocycles. The molecule has 0 saturated carbocycles. The molecule has 2 unspecified atom stereocenters. The van der Waals surface area contributed by atoms with Gasteiger partial charge in [-0.3, -0.25) is 5.41 Å². The van der Waals surface area contributed by atoms with E-state index in [2.05, 4.69) is 0 Å². The number of sulfone groups is 1. The van der Waals surface area contributed by atoms with Gasteiger partial charge in [-0.1, -0.05) is 11.8 Å². The third kappa shape index (κ3) is 1.78. The van der Waals surface area contributed by atoms with Crippen LogP contribution in [0, 0.1) is 5.41 Å². The SMILES string of the molecule is N=C1SC2CS(=O)(=O)CC2N1c1ccc2c(c1)OCO2. The summed E-state index contributed by atoms with van der Waals surface area (Å²) in [7, 11) is -3.00. The summed E-state index contributed by atoms with van der Waals surface area (Å²) >= 11 is 1.33. The Labute approximate surface area is 120 Å². The first-order valence-electron chi connectivity index (χ1n) is 6.18. The molecule has 6 nitrogen and oxygen atoms in total. The molecule has 2 fully saturated rings. The Hall–Kier alpha value is -1.41. The lowest BCUT2D eigenvalue weighted by atomic mass is 10.2. The molecule has 1 N–H and O–H groups in total. The van der Waals surface area contributed by atoms with Gasteiger partial charge in [0, 0.05) is 17.0 Å². The van der Waals surface area contributed by atoms with Crippen molar-refractivity contribution >= 4 is 32.5 Å². The average Bonchev–Trinajstić information content (AvgIpc) is 3.00. The predicted molar refractivity (Wildman–Crippen MR) is 76.6 cm³/mol. The number of thioether (sulfide) groups is 1. The molecule has 0 aliphatic carbocycles. The van der Waals surface area contributed by atoms with E-state index in [1.807, 2.05) is 12.1 Å². The third-order valence-electron chi connectivity index (χ3n) is 3.72. The first kappa shape index (κ1) is 12.3. The van der Waals surface area contributed by atoms with Gasteiger partial charge in [0.1, 0.15) is 0 Å². The van der Waals surface area contributed by atoms with Crippen molar-refractivity contribution in [3.05, 3.63) is 18.2 Å². The van der Waals surface area contributed by atoms with Gasteiger partial charge in [0.2, 0.25) is 6.79 Å². The fraction of sp³-hybridized carbons (Fsp3) is 0.417. The predicted octanol–water partition coefficient (Wildman–Crippen LogP) is 1.07. The minimum Gasteiger partial charge on any atom is -0.454 e. The van der Waals surface area contributed by atoms with E-state index in [1.165, 1.54) is 11.8 Å². The van der Waals surface area contributed by atoms with E-state index in [1.54, 1.807) is 11.0 Å². The van der Waals surface area contributed by atoms with Crippen molar-refractivity contribution in [1.82, 2.24) is 0 Å². The lowest BCUT2D eigenvalue weighted by Crippen LogP contribution is -2.37. The maximum atomic E-state index is 11.8. The number of hydrogen-bond acceptors (Lipinski definition) is 6. The molecule has 8 heteroatoms. The summed E-state index contributed by atoms with van der Waals surface area (Å²) in [4.78, 5) is 1.79. The molecule has 0 bridgehead atoms. The first-order valence-corrected chi connectivity index (χ1v) is 8.88. The summed E-state index contributed by atoms with van der Waals surface area (Å²) in [6.07, 6.45) is 0. The number of rotatable bonds is 1. The number of hydrogen-bond donors (Lipinski definition) is 1. The smallest absolute Gasteiger partial charge is 0.231 e. The van der Waals surface area contributed by atoms with E-state index >= 15 is 0 Å². The second-order valence-electron chi connectivity index (χ2n) is 5.01. The van der Waals surface area contributed by atoms with Gasteiger partial charge in [-0.25, -0.2) is 8.42 Å². The molecule has 4 rings (SSSR count). The van der Waals surface area contributed by atoms with Crippen molar-refractivity contribution < 1.29 is 17.9 Å². The molecule has 1 aromatic rings. The van der Waals surface area contributed by atoms with Gasteiger partial charge in [-0.2, -0.15) is 0 Å². The summed E-state index contributed by atoms with van der Waals surface area (Å²) in [6, 6.07) is 5.30. The zero-order valence-corrected chi connectivity index (χ0v) is 12.0. The van der Waals surface area contributed by atoms with Gasteiger partial charge in [0.15, 0.2) is 26.5 Å². The van der Waals surface area contributed by atoms with Crippen LogP contribution in [0.25, 0.3) is 0 Å². The number of nitrogens with zero attached hydrogens (tertiary/aromatic N) is 1. The highest BCUT2D eigenvalue weighted by molar-refractivity contribution is 8.15. The molecule has 20 heavy (non-hydrogen) atoms. The summed E-state index contributed by atoms with van der Waals surface area (Å²) < 4.78 is 34.1. The maximum Gasteiger partial charge on any atom is 0.231 e. The highest BCUT2D eigenvalue weighted by Crippen LogP contribution is 2.43. The Morgan fingerprint density at radius 3 is 2.90 bits per heavy atom. The molecule has 2 atom stereocenters. The number of anilines is 1. The quantitative estimate of drug-likeness (QED) is 0.835. The lowest BCUT2D eigenvalue weighted by molar-refractivity contribution is 0.174. The zero-order chi connectivity index (χ0) is 13.9. The molecule has 2 saturated heterocycles. The monoisotopic (exact) mass is 312 g/mol. The second-order valence-corrected chi connectivity index (χ2v) is 8.39. The van der Waals surface area contributed by atoms with E-state index < -0.39 is 9.84 Å². The number of fused-ring (bicyclic) bond motifs is 2. The van der Waals surface area contributed by atoms with Gasteiger partial charge >= 0.3 is 0 Å². The van der Waals surface area contributed by atoms with Crippen LogP contribution in [0.15, 0.2) is 18.2 Å². The Morgan fingerprint density at radius 2 is 2.05 bits per heavy atom. The number of ether oxygens (including phenoxy) is 2. The summed E-state index contributed by atoms with van der Waals surface area (Å²) in [6.45, 7) is 0.200. The van der Waals surface area contributed by atoms with Crippen LogP contribution in [0.5, 0.6) is 11.5 Å². The van der Waals surface area contributed by atoms with Crippen molar-refractivity contribution in [2.24, 2.45) is 0 Å². The van der Waals surface area contributed by atoms with Gasteiger partial charge in [0.25, 0.3) is 0 Å². The Morgan fingerprint density at radius 1 is 1.25 bits per heavy atom. The summed E-state index contributed by atoms with van der Waals surface area (Å²) in [5, 5.41) is 8.44. The van der Waals surface area contributed by atoms with E-state index in [4.69, 9.17) is 14.9 Å². The van der Waals surface area contributed by atoms with Crippen LogP contribution in [0.1, 0.15) is 0 Å². The summed E-state index contributed by atoms with van der Waals surface area (Å²) in [5.74, 6) is 1.60. The highest BCUT2D eigenvalue weighted by atomic mass is 32.2. The highest BCUT2D eigenvalue weighted by Gasteiger charge is 2.48. The van der Waals surface area contributed by atoms with Crippen molar-refractivity contribution in [2.75, 3.05) is 23.2 Å². The van der Waals surface area contributed by atoms with Crippen LogP contribution >= 0.6 is 11.8 Å². The van der Waals surface area contributed by atoms with Gasteiger partial charge in [0.05, 0.1) is 17.5 Å². The number of amidine groups is 1. The van der Waals surface area contributed by atoms with E-state index in [0.29, 0.717) is 16.7 Å². The fourth-order valence-electron chi connectivity index (χ4n) is 2.84. The minimum atomic E-state index is -3.00. The second kappa shape index (κ2) is 4.05. The first-order chi connectivity index (χ1) is 9.53. The fourth-order valence-corrected chi connectivity index (χ4v) is 6.64. The minimum absolute atomic E-state index is 0.0436. The molecule has 3 heterocycles. The van der Waals surface area contributed by atoms with Gasteiger partial charge < -0.3 is 14.4 Å². The van der Waals surface area contributed by atoms with Crippen LogP contribution in [-0.2, 0) is 9.84 Å². The normalized spacial score (nSPS) is 29.8. The molecule has 106 valence electrons. The molecule has 0 spiro atoms. The van der Waals surface area contributed by atoms with E-state index in [-0.39, 0.29) is 29.6 Å². The van der Waals surface area contributed by atoms with Crippen molar-refractivity contribution in [3.8, 4) is 11.5 Å². The van der Waals surface area contributed by atoms with Crippen LogP contribution in [0.4, 0.5) is 5.69 Å². The van der Waals surface area contributed by atoms with Crippen molar-refractivity contribution in [2.45, 2.75) is 11.3 Å². The van der Waals surface area contributed by atoms with Crippen LogP contribution in [0.3, 0.4) is 0 Å². The molecule has 3 aliphatic rings. The average molecular weight is 312 g/mol. The molecular formula is C12H12N2O4S2. The topological polar surface area (TPSA) is 79.7 Å². The van der Waals surface area contributed by atoms with Crippen molar-refractivity contribution in [3.63, 3.8) is 0 Å². The van der Waals surface area contributed by atoms with Gasteiger partial charge in [-0.15, -0.1) is 0 Å². The van der Waals surface area contributed by atoms with E-state index in [0.717, 1.165) is 5.69 Å². The van der Waals surface area contributed by atoms with E-state index in [9.17, 15) is 8.42 Å². The van der Waals surface area contributed by atoms with Crippen molar-refractivity contribution in [1.29, 1.82) is 5.41 Å². The standard InChI is InChI=1S/C12H12N2O4S2/c13-12-14(8-4-20(15,16)5-11(8)19-12)7-1-2-9-10(3-7)18-6-17-9/h1-3,8,11,13H,4-6H2. The Balaban J connectivity index is 1.72. The number of benzene rings is 1. The van der Waals surface area contributed by atoms with Gasteiger partial charge in [-0.05, 0) is 12.1 Å². The molecule has 0 aromatic heterocycles. The molecule has 0 amide bonds. The molecule has 3 aliphatic heterocycles. The Kier molecular flexibility index (Phi) is 2.50. The molecule has 0 radical (unpaired) electrons. The third-order valence-corrected chi connectivity index (χ3v) is 6.85. The largest absolute Gasteiger partial charge is 0.454 e. The van der Waals surface area contributed by atoms with Crippen LogP contribution in [-0.4, -0.2) is 43.2 Å². The maximum absolute atomic E-state index is 11.8. The van der Waals surface area contributed by atoms with Crippen LogP contribution < -0.4 is 14.4 Å². The number of nitrogens with one attached hydrogen (secondary N) is 1. The Bertz CT molecular complexity index is 703. The zero-order valence-electron chi connectivity index (χ0n) is 10.4. The lowest BCUT2D eigenvalue weighted by Gasteiger charge is -2.24.